The second-order valence-electron chi connectivity index (χ2n) is 7.09. The van der Waals surface area contributed by atoms with E-state index in [-0.39, 0.29) is 29.8 Å². The molecule has 31 heavy (non-hydrogen) atoms. The number of rotatable bonds is 9. The Morgan fingerprint density at radius 2 is 1.94 bits per heavy atom. The monoisotopic (exact) mass is 542 g/mol. The van der Waals surface area contributed by atoms with Gasteiger partial charge in [0.25, 0.3) is 0 Å². The number of ether oxygens (including phenoxy) is 2. The minimum Gasteiger partial charge on any atom is -0.492 e. The van der Waals surface area contributed by atoms with E-state index in [2.05, 4.69) is 20.5 Å². The van der Waals surface area contributed by atoms with Crippen LogP contribution >= 0.6 is 24.0 Å². The lowest BCUT2D eigenvalue weighted by Crippen LogP contribution is -2.38. The van der Waals surface area contributed by atoms with E-state index in [4.69, 9.17) is 9.47 Å². The van der Waals surface area contributed by atoms with Crippen LogP contribution in [0.3, 0.4) is 0 Å². The van der Waals surface area contributed by atoms with E-state index in [1.807, 2.05) is 37.3 Å². The number of hydrogen-bond acceptors (Lipinski definition) is 4. The van der Waals surface area contributed by atoms with Gasteiger partial charge < -0.3 is 20.1 Å². The summed E-state index contributed by atoms with van der Waals surface area (Å²) in [5, 5.41) is 6.38. The second-order valence-corrected chi connectivity index (χ2v) is 7.09. The molecule has 1 aliphatic rings. The van der Waals surface area contributed by atoms with E-state index in [0.29, 0.717) is 31.2 Å². The smallest absolute Gasteiger partial charge is 0.191 e. The third kappa shape index (κ3) is 9.00. The molecule has 0 aromatic heterocycles. The van der Waals surface area contributed by atoms with Crippen molar-refractivity contribution in [2.75, 3.05) is 46.0 Å². The van der Waals surface area contributed by atoms with Crippen LogP contribution in [-0.4, -0.2) is 56.9 Å². The molecule has 0 saturated carbocycles. The molecule has 2 N–H and O–H groups in total. The second kappa shape index (κ2) is 14.2. The Hall–Kier alpha value is -1.91. The van der Waals surface area contributed by atoms with Crippen LogP contribution in [-0.2, 0) is 17.8 Å². The highest BCUT2D eigenvalue weighted by Gasteiger charge is 2.10. The van der Waals surface area contributed by atoms with Gasteiger partial charge in [0.15, 0.2) is 5.96 Å². The largest absolute Gasteiger partial charge is 0.492 e. The van der Waals surface area contributed by atoms with Gasteiger partial charge in [0.2, 0.25) is 0 Å². The molecule has 8 heteroatoms. The molecule has 1 aliphatic heterocycles. The van der Waals surface area contributed by atoms with E-state index in [9.17, 15) is 4.39 Å². The van der Waals surface area contributed by atoms with Gasteiger partial charge in [-0.1, -0.05) is 30.3 Å². The molecule has 1 saturated heterocycles. The average molecular weight is 542 g/mol. The molecule has 1 fully saturated rings. The first kappa shape index (κ1) is 25.4. The van der Waals surface area contributed by atoms with Crippen LogP contribution in [0.1, 0.15) is 18.1 Å². The van der Waals surface area contributed by atoms with Crippen LogP contribution in [0, 0.1) is 5.82 Å². The Kier molecular flexibility index (Phi) is 11.6. The average Bonchev–Trinajstić information content (AvgIpc) is 2.78. The Balaban J connectivity index is 0.00000341. The minimum atomic E-state index is -0.220. The quantitative estimate of drug-likeness (QED) is 0.289. The maximum atomic E-state index is 13.8. The maximum absolute atomic E-state index is 13.8. The molecule has 0 radical (unpaired) electrons. The predicted molar refractivity (Wildman–Crippen MR) is 133 cm³/mol. The summed E-state index contributed by atoms with van der Waals surface area (Å²) in [6.07, 6.45) is 0. The SMILES string of the molecule is CCNC(=NCc1cccc(OCCN2CCOCC2)c1)NCc1ccccc1F.I. The lowest BCUT2D eigenvalue weighted by atomic mass is 10.2. The lowest BCUT2D eigenvalue weighted by molar-refractivity contribution is 0.0322. The van der Waals surface area contributed by atoms with Gasteiger partial charge in [0, 0.05) is 38.3 Å². The number of guanidine groups is 1. The van der Waals surface area contributed by atoms with Crippen LogP contribution < -0.4 is 15.4 Å². The minimum absolute atomic E-state index is 0. The number of nitrogens with one attached hydrogen (secondary N) is 2. The van der Waals surface area contributed by atoms with Crippen molar-refractivity contribution in [1.29, 1.82) is 0 Å². The fourth-order valence-electron chi connectivity index (χ4n) is 3.18. The van der Waals surface area contributed by atoms with Gasteiger partial charge in [0.1, 0.15) is 18.2 Å². The van der Waals surface area contributed by atoms with Crippen molar-refractivity contribution in [3.8, 4) is 5.75 Å². The van der Waals surface area contributed by atoms with E-state index in [0.717, 1.165) is 50.7 Å². The molecule has 0 amide bonds. The number of nitrogens with zero attached hydrogens (tertiary/aromatic N) is 2. The fraction of sp³-hybridized carbons (Fsp3) is 0.435. The molecule has 1 heterocycles. The highest BCUT2D eigenvalue weighted by Crippen LogP contribution is 2.14. The molecule has 3 rings (SSSR count). The number of morpholine rings is 1. The number of aliphatic imine (C=N–C) groups is 1. The van der Waals surface area contributed by atoms with Gasteiger partial charge in [-0.05, 0) is 30.7 Å². The highest BCUT2D eigenvalue weighted by atomic mass is 127. The molecule has 2 aromatic rings. The van der Waals surface area contributed by atoms with Gasteiger partial charge in [0.05, 0.1) is 19.8 Å². The normalized spacial score (nSPS) is 14.6. The van der Waals surface area contributed by atoms with Crippen LogP contribution in [0.2, 0.25) is 0 Å². The van der Waals surface area contributed by atoms with Gasteiger partial charge in [-0.3, -0.25) is 4.90 Å². The summed E-state index contributed by atoms with van der Waals surface area (Å²) < 4.78 is 25.1. The summed E-state index contributed by atoms with van der Waals surface area (Å²) >= 11 is 0. The van der Waals surface area contributed by atoms with Crippen LogP contribution in [0.5, 0.6) is 5.75 Å². The van der Waals surface area contributed by atoms with Gasteiger partial charge in [-0.15, -0.1) is 24.0 Å². The number of halogens is 2. The molecule has 0 atom stereocenters. The number of benzene rings is 2. The first-order valence-corrected chi connectivity index (χ1v) is 10.5. The molecular weight excluding hydrogens is 510 g/mol. The maximum Gasteiger partial charge on any atom is 0.191 e. The predicted octanol–water partition coefficient (Wildman–Crippen LogP) is 3.41. The molecule has 0 aliphatic carbocycles. The summed E-state index contributed by atoms with van der Waals surface area (Å²) in [6, 6.07) is 14.7. The zero-order valence-corrected chi connectivity index (χ0v) is 20.3. The van der Waals surface area contributed by atoms with Crippen molar-refractivity contribution in [2.24, 2.45) is 4.99 Å². The summed E-state index contributed by atoms with van der Waals surface area (Å²) in [6.45, 7) is 8.69. The Morgan fingerprint density at radius 1 is 1.13 bits per heavy atom. The molecular formula is C23H32FIN4O2. The summed E-state index contributed by atoms with van der Waals surface area (Å²) in [4.78, 5) is 6.97. The molecule has 0 spiro atoms. The number of hydrogen-bond donors (Lipinski definition) is 2. The third-order valence-corrected chi connectivity index (χ3v) is 4.85. The molecule has 0 bridgehead atoms. The van der Waals surface area contributed by atoms with Gasteiger partial charge in [-0.25, -0.2) is 9.38 Å². The first-order chi connectivity index (χ1) is 14.7. The Bertz CT molecular complexity index is 816. The van der Waals surface area contributed by atoms with Crippen molar-refractivity contribution < 1.29 is 13.9 Å². The first-order valence-electron chi connectivity index (χ1n) is 10.5. The molecule has 6 nitrogen and oxygen atoms in total. The summed E-state index contributed by atoms with van der Waals surface area (Å²) in [5.41, 5.74) is 1.67. The van der Waals surface area contributed by atoms with Crippen LogP contribution in [0.4, 0.5) is 4.39 Å². The summed E-state index contributed by atoms with van der Waals surface area (Å²) in [5.74, 6) is 1.28. The van der Waals surface area contributed by atoms with Gasteiger partial charge >= 0.3 is 0 Å². The zero-order chi connectivity index (χ0) is 21.0. The third-order valence-electron chi connectivity index (χ3n) is 4.85. The van der Waals surface area contributed by atoms with Crippen molar-refractivity contribution >= 4 is 29.9 Å². The van der Waals surface area contributed by atoms with Crippen molar-refractivity contribution in [1.82, 2.24) is 15.5 Å². The van der Waals surface area contributed by atoms with Crippen molar-refractivity contribution in [3.05, 3.63) is 65.5 Å². The van der Waals surface area contributed by atoms with Gasteiger partial charge in [-0.2, -0.15) is 0 Å². The van der Waals surface area contributed by atoms with E-state index in [1.54, 1.807) is 12.1 Å². The Morgan fingerprint density at radius 3 is 2.71 bits per heavy atom. The van der Waals surface area contributed by atoms with Crippen molar-refractivity contribution in [3.63, 3.8) is 0 Å². The van der Waals surface area contributed by atoms with E-state index >= 15 is 0 Å². The van der Waals surface area contributed by atoms with Crippen LogP contribution in [0.25, 0.3) is 0 Å². The highest BCUT2D eigenvalue weighted by molar-refractivity contribution is 14.0. The topological polar surface area (TPSA) is 58.1 Å². The Labute approximate surface area is 201 Å². The molecule has 2 aromatic carbocycles. The van der Waals surface area contributed by atoms with E-state index in [1.165, 1.54) is 6.07 Å². The lowest BCUT2D eigenvalue weighted by Gasteiger charge is -2.26. The standard InChI is InChI=1S/C23H31FN4O2.HI/c1-2-25-23(27-18-20-7-3-4-9-22(20)24)26-17-19-6-5-8-21(16-19)30-15-12-28-10-13-29-14-11-28;/h3-9,16H,2,10-15,17-18H2,1H3,(H2,25,26,27);1H. The fourth-order valence-corrected chi connectivity index (χ4v) is 3.18. The van der Waals surface area contributed by atoms with E-state index < -0.39 is 0 Å². The van der Waals surface area contributed by atoms with Crippen LogP contribution in [0.15, 0.2) is 53.5 Å². The zero-order valence-electron chi connectivity index (χ0n) is 18.0. The molecule has 0 unspecified atom stereocenters. The van der Waals surface area contributed by atoms with Crippen molar-refractivity contribution in [2.45, 2.75) is 20.0 Å². The molecule has 170 valence electrons. The summed E-state index contributed by atoms with van der Waals surface area (Å²) in [7, 11) is 0.